The van der Waals surface area contributed by atoms with Crippen molar-refractivity contribution in [3.05, 3.63) is 24.0 Å². The summed E-state index contributed by atoms with van der Waals surface area (Å²) in [7, 11) is 0. The smallest absolute Gasteiger partial charge is 0.226 e. The number of hydrogen-bond donors (Lipinski definition) is 1. The van der Waals surface area contributed by atoms with Gasteiger partial charge in [0.2, 0.25) is 5.91 Å². The van der Waals surface area contributed by atoms with E-state index >= 15 is 0 Å². The number of hydrogen-bond acceptors (Lipinski definition) is 5. The molecule has 1 amide bonds. The molecular formula is C16H18FN3O2S. The normalized spacial score (nSPS) is 21.6. The Morgan fingerprint density at radius 3 is 3.09 bits per heavy atom. The fourth-order valence-corrected chi connectivity index (χ4v) is 4.00. The molecule has 1 aromatic carbocycles. The predicted octanol–water partition coefficient (Wildman–Crippen LogP) is 2.17. The van der Waals surface area contributed by atoms with Crippen molar-refractivity contribution >= 4 is 32.6 Å². The summed E-state index contributed by atoms with van der Waals surface area (Å²) in [6.07, 6.45) is 2.27. The van der Waals surface area contributed by atoms with E-state index in [0.29, 0.717) is 25.2 Å². The van der Waals surface area contributed by atoms with Gasteiger partial charge in [-0.2, -0.15) is 0 Å². The van der Waals surface area contributed by atoms with Crippen LogP contribution < -0.4 is 10.2 Å². The summed E-state index contributed by atoms with van der Waals surface area (Å²) in [6.45, 7) is 2.67. The minimum atomic E-state index is -0.295. The highest BCUT2D eigenvalue weighted by atomic mass is 32.1. The maximum atomic E-state index is 13.7. The second-order valence-electron chi connectivity index (χ2n) is 6.07. The molecule has 1 N–H and O–H groups in total. The first-order chi connectivity index (χ1) is 11.2. The molecule has 1 aromatic heterocycles. The molecule has 1 atom stereocenters. The van der Waals surface area contributed by atoms with Crippen molar-refractivity contribution in [1.82, 2.24) is 10.3 Å². The SMILES string of the molecule is O=C(NCC1CCCO1)C1CN(c2nc3c(F)cccc3s2)C1. The van der Waals surface area contributed by atoms with Gasteiger partial charge in [-0.1, -0.05) is 17.4 Å². The molecule has 2 saturated heterocycles. The van der Waals surface area contributed by atoms with Crippen LogP contribution in [0.15, 0.2) is 18.2 Å². The van der Waals surface area contributed by atoms with E-state index in [1.807, 2.05) is 11.0 Å². The van der Waals surface area contributed by atoms with Crippen LogP contribution >= 0.6 is 11.3 Å². The van der Waals surface area contributed by atoms with Crippen LogP contribution in [-0.4, -0.2) is 43.2 Å². The van der Waals surface area contributed by atoms with Crippen LogP contribution in [-0.2, 0) is 9.53 Å². The van der Waals surface area contributed by atoms with Crippen LogP contribution in [0.2, 0.25) is 0 Å². The summed E-state index contributed by atoms with van der Waals surface area (Å²) in [6, 6.07) is 4.98. The zero-order valence-corrected chi connectivity index (χ0v) is 13.4. The number of aromatic nitrogens is 1. The monoisotopic (exact) mass is 335 g/mol. The van der Waals surface area contributed by atoms with E-state index in [-0.39, 0.29) is 23.7 Å². The van der Waals surface area contributed by atoms with Gasteiger partial charge in [0.1, 0.15) is 11.3 Å². The van der Waals surface area contributed by atoms with Gasteiger partial charge in [0.15, 0.2) is 5.13 Å². The number of nitrogens with one attached hydrogen (secondary N) is 1. The third-order valence-corrected chi connectivity index (χ3v) is 5.49. The Labute approximate surface area is 137 Å². The van der Waals surface area contributed by atoms with E-state index in [1.54, 1.807) is 6.07 Å². The van der Waals surface area contributed by atoms with Crippen molar-refractivity contribution in [2.75, 3.05) is 31.1 Å². The Kier molecular flexibility index (Phi) is 3.90. The van der Waals surface area contributed by atoms with Gasteiger partial charge in [-0.15, -0.1) is 0 Å². The average Bonchev–Trinajstić information content (AvgIpc) is 3.13. The van der Waals surface area contributed by atoms with Crippen molar-refractivity contribution in [3.8, 4) is 0 Å². The van der Waals surface area contributed by atoms with E-state index in [4.69, 9.17) is 4.74 Å². The first kappa shape index (κ1) is 14.8. The standard InChI is InChI=1S/C16H18FN3O2S/c17-12-4-1-5-13-14(12)19-16(23-13)20-8-10(9-20)15(21)18-7-11-3-2-6-22-11/h1,4-5,10-11H,2-3,6-9H2,(H,18,21). The quantitative estimate of drug-likeness (QED) is 0.930. The minimum absolute atomic E-state index is 0.0201. The van der Waals surface area contributed by atoms with Crippen molar-refractivity contribution in [2.45, 2.75) is 18.9 Å². The van der Waals surface area contributed by atoms with Crippen molar-refractivity contribution in [3.63, 3.8) is 0 Å². The van der Waals surface area contributed by atoms with Crippen LogP contribution in [0.1, 0.15) is 12.8 Å². The number of fused-ring (bicyclic) bond motifs is 1. The Balaban J connectivity index is 1.33. The third kappa shape index (κ3) is 2.90. The zero-order valence-electron chi connectivity index (χ0n) is 12.6. The molecule has 122 valence electrons. The highest BCUT2D eigenvalue weighted by Crippen LogP contribution is 2.33. The van der Waals surface area contributed by atoms with Crippen LogP contribution in [0.5, 0.6) is 0 Å². The topological polar surface area (TPSA) is 54.5 Å². The molecule has 0 bridgehead atoms. The number of benzene rings is 1. The van der Waals surface area contributed by atoms with Crippen LogP contribution in [0.25, 0.3) is 10.2 Å². The number of nitrogens with zero attached hydrogens (tertiary/aromatic N) is 2. The van der Waals surface area contributed by atoms with Gasteiger partial charge < -0.3 is 15.0 Å². The average molecular weight is 335 g/mol. The number of carbonyl (C=O) groups is 1. The maximum absolute atomic E-state index is 13.7. The number of thiazole rings is 1. The molecule has 2 fully saturated rings. The number of para-hydroxylation sites is 1. The summed E-state index contributed by atoms with van der Waals surface area (Å²) in [4.78, 5) is 18.5. The van der Waals surface area contributed by atoms with Gasteiger partial charge in [-0.05, 0) is 25.0 Å². The second-order valence-corrected chi connectivity index (χ2v) is 7.07. The molecule has 5 nitrogen and oxygen atoms in total. The Morgan fingerprint density at radius 1 is 1.48 bits per heavy atom. The highest BCUT2D eigenvalue weighted by molar-refractivity contribution is 7.22. The molecule has 1 unspecified atom stereocenters. The van der Waals surface area contributed by atoms with Gasteiger partial charge in [-0.3, -0.25) is 4.79 Å². The Bertz CT molecular complexity index is 723. The van der Waals surface area contributed by atoms with E-state index in [1.165, 1.54) is 17.4 Å². The molecule has 2 aromatic rings. The molecule has 23 heavy (non-hydrogen) atoms. The van der Waals surface area contributed by atoms with E-state index in [2.05, 4.69) is 10.3 Å². The maximum Gasteiger partial charge on any atom is 0.226 e. The van der Waals surface area contributed by atoms with Crippen molar-refractivity contribution in [2.24, 2.45) is 5.92 Å². The lowest BCUT2D eigenvalue weighted by Gasteiger charge is -2.38. The van der Waals surface area contributed by atoms with Gasteiger partial charge in [-0.25, -0.2) is 9.37 Å². The van der Waals surface area contributed by atoms with Crippen LogP contribution in [0.4, 0.5) is 9.52 Å². The first-order valence-corrected chi connectivity index (χ1v) is 8.71. The second kappa shape index (κ2) is 6.05. The third-order valence-electron chi connectivity index (χ3n) is 4.41. The van der Waals surface area contributed by atoms with Crippen molar-refractivity contribution in [1.29, 1.82) is 0 Å². The van der Waals surface area contributed by atoms with Gasteiger partial charge in [0, 0.05) is 26.2 Å². The van der Waals surface area contributed by atoms with E-state index < -0.39 is 0 Å². The van der Waals surface area contributed by atoms with E-state index in [9.17, 15) is 9.18 Å². The number of halogens is 1. The Morgan fingerprint density at radius 2 is 2.35 bits per heavy atom. The lowest BCUT2D eigenvalue weighted by Crippen LogP contribution is -2.54. The molecule has 3 heterocycles. The van der Waals surface area contributed by atoms with Gasteiger partial charge in [0.05, 0.1) is 16.7 Å². The molecule has 0 aliphatic carbocycles. The first-order valence-electron chi connectivity index (χ1n) is 7.90. The predicted molar refractivity (Wildman–Crippen MR) is 87.3 cm³/mol. The molecule has 0 saturated carbocycles. The lowest BCUT2D eigenvalue weighted by atomic mass is 10.00. The highest BCUT2D eigenvalue weighted by Gasteiger charge is 2.34. The Hall–Kier alpha value is -1.73. The summed E-state index contributed by atoms with van der Waals surface area (Å²) < 4.78 is 20.0. The van der Waals surface area contributed by atoms with E-state index in [0.717, 1.165) is 29.3 Å². The number of ether oxygens (including phenoxy) is 1. The fourth-order valence-electron chi connectivity index (χ4n) is 3.00. The van der Waals surface area contributed by atoms with Crippen molar-refractivity contribution < 1.29 is 13.9 Å². The number of rotatable bonds is 4. The molecule has 2 aliphatic heterocycles. The van der Waals surface area contributed by atoms with Gasteiger partial charge >= 0.3 is 0 Å². The summed E-state index contributed by atoms with van der Waals surface area (Å²) >= 11 is 1.47. The molecule has 0 spiro atoms. The van der Waals surface area contributed by atoms with Gasteiger partial charge in [0.25, 0.3) is 0 Å². The molecule has 0 radical (unpaired) electrons. The minimum Gasteiger partial charge on any atom is -0.376 e. The summed E-state index contributed by atoms with van der Waals surface area (Å²) in [5.74, 6) is -0.242. The summed E-state index contributed by atoms with van der Waals surface area (Å²) in [5.41, 5.74) is 0.416. The zero-order chi connectivity index (χ0) is 15.8. The fraction of sp³-hybridized carbons (Fsp3) is 0.500. The summed E-state index contributed by atoms with van der Waals surface area (Å²) in [5, 5.41) is 3.75. The largest absolute Gasteiger partial charge is 0.376 e. The number of amides is 1. The van der Waals surface area contributed by atoms with Crippen LogP contribution in [0.3, 0.4) is 0 Å². The van der Waals surface area contributed by atoms with Crippen LogP contribution in [0, 0.1) is 11.7 Å². The number of carbonyl (C=O) groups excluding carboxylic acids is 1. The lowest BCUT2D eigenvalue weighted by molar-refractivity contribution is -0.126. The molecule has 4 rings (SSSR count). The molecule has 7 heteroatoms. The molecule has 2 aliphatic rings. The molecular weight excluding hydrogens is 317 g/mol. The number of anilines is 1.